The van der Waals surface area contributed by atoms with Gasteiger partial charge in [-0.1, -0.05) is 28.1 Å². The van der Waals surface area contributed by atoms with E-state index in [0.717, 1.165) is 10.0 Å². The van der Waals surface area contributed by atoms with Crippen molar-refractivity contribution in [3.8, 4) is 0 Å². The number of anilines is 1. The molecule has 1 heterocycles. The third kappa shape index (κ3) is 4.59. The van der Waals surface area contributed by atoms with E-state index in [1.165, 1.54) is 0 Å². The zero-order valence-electron chi connectivity index (χ0n) is 15.8. The highest BCUT2D eigenvalue weighted by Crippen LogP contribution is 2.16. The Morgan fingerprint density at radius 2 is 1.64 bits per heavy atom. The molecular weight excluding hydrogens is 422 g/mol. The first kappa shape index (κ1) is 20.1. The van der Waals surface area contributed by atoms with Crippen molar-refractivity contribution >= 4 is 39.3 Å². The second-order valence-electron chi connectivity index (χ2n) is 6.98. The molecule has 0 radical (unpaired) electrons. The molecule has 0 bridgehead atoms. The van der Waals surface area contributed by atoms with Crippen LogP contribution in [0.15, 0.2) is 53.0 Å². The molecule has 1 fully saturated rings. The van der Waals surface area contributed by atoms with Gasteiger partial charge in [-0.05, 0) is 55.8 Å². The van der Waals surface area contributed by atoms with Crippen molar-refractivity contribution in [2.24, 2.45) is 0 Å². The summed E-state index contributed by atoms with van der Waals surface area (Å²) in [6.07, 6.45) is 0. The van der Waals surface area contributed by atoms with Crippen LogP contribution < -0.4 is 5.32 Å². The van der Waals surface area contributed by atoms with Gasteiger partial charge in [-0.15, -0.1) is 0 Å². The van der Waals surface area contributed by atoms with Gasteiger partial charge in [-0.25, -0.2) is 0 Å². The lowest BCUT2D eigenvalue weighted by molar-refractivity contribution is -0.157. The lowest BCUT2D eigenvalue weighted by atomic mass is 10.1. The number of benzene rings is 2. The number of nitrogens with zero attached hydrogens (tertiary/aromatic N) is 2. The van der Waals surface area contributed by atoms with Gasteiger partial charge in [0, 0.05) is 41.4 Å². The molecule has 0 atom stereocenters. The van der Waals surface area contributed by atoms with Crippen LogP contribution in [0.5, 0.6) is 0 Å². The fourth-order valence-corrected chi connectivity index (χ4v) is 3.32. The number of piperazine rings is 1. The topological polar surface area (TPSA) is 69.7 Å². The zero-order valence-corrected chi connectivity index (χ0v) is 17.4. The van der Waals surface area contributed by atoms with E-state index in [1.54, 1.807) is 21.9 Å². The van der Waals surface area contributed by atoms with Gasteiger partial charge in [0.15, 0.2) is 0 Å². The number of carbonyl (C=O) groups excluding carboxylic acids is 3. The third-order valence-electron chi connectivity index (χ3n) is 4.66. The number of hydrogen-bond donors (Lipinski definition) is 1. The number of rotatable bonds is 5. The minimum atomic E-state index is -0.475. The first-order chi connectivity index (χ1) is 13.3. The molecule has 0 aromatic heterocycles. The Morgan fingerprint density at radius 3 is 2.25 bits per heavy atom. The van der Waals surface area contributed by atoms with E-state index in [0.29, 0.717) is 30.9 Å². The predicted octanol–water partition coefficient (Wildman–Crippen LogP) is 3.28. The number of hydrogen-bond acceptors (Lipinski definition) is 3. The van der Waals surface area contributed by atoms with Crippen molar-refractivity contribution in [3.05, 3.63) is 64.1 Å². The second-order valence-corrected chi connectivity index (χ2v) is 7.89. The molecule has 1 N–H and O–H groups in total. The molecule has 0 unspecified atom stereocenters. The van der Waals surface area contributed by atoms with E-state index in [-0.39, 0.29) is 11.9 Å². The van der Waals surface area contributed by atoms with Crippen LogP contribution in [0.25, 0.3) is 0 Å². The number of halogens is 1. The van der Waals surface area contributed by atoms with Crippen molar-refractivity contribution in [1.29, 1.82) is 0 Å². The monoisotopic (exact) mass is 443 g/mol. The van der Waals surface area contributed by atoms with Gasteiger partial charge >= 0.3 is 11.8 Å². The first-order valence-corrected chi connectivity index (χ1v) is 9.90. The van der Waals surface area contributed by atoms with E-state index in [9.17, 15) is 14.4 Å². The van der Waals surface area contributed by atoms with E-state index < -0.39 is 11.8 Å². The molecule has 2 aromatic rings. The van der Waals surface area contributed by atoms with Crippen LogP contribution in [0.1, 0.15) is 29.8 Å². The summed E-state index contributed by atoms with van der Waals surface area (Å²) in [6, 6.07) is 14.4. The molecule has 1 saturated heterocycles. The van der Waals surface area contributed by atoms with Crippen LogP contribution in [0.3, 0.4) is 0 Å². The molecule has 0 spiro atoms. The summed E-state index contributed by atoms with van der Waals surface area (Å²) in [5.74, 6) is -1.13. The van der Waals surface area contributed by atoms with Gasteiger partial charge in [0.25, 0.3) is 5.91 Å². The maximum atomic E-state index is 12.4. The summed E-state index contributed by atoms with van der Waals surface area (Å²) in [4.78, 5) is 40.0. The molecule has 0 saturated carbocycles. The standard InChI is InChI=1S/C21H22BrN3O3/c1-14(2)25-12-11-24(20(27)21(25)28)13-15-3-5-16(6-4-15)19(26)23-18-9-7-17(22)8-10-18/h3-10,14H,11-13H2,1-2H3,(H,23,26). The van der Waals surface area contributed by atoms with Gasteiger partial charge in [0.1, 0.15) is 0 Å². The maximum absolute atomic E-state index is 12.4. The zero-order chi connectivity index (χ0) is 20.3. The quantitative estimate of drug-likeness (QED) is 0.720. The van der Waals surface area contributed by atoms with Gasteiger partial charge in [-0.2, -0.15) is 0 Å². The van der Waals surface area contributed by atoms with Crippen molar-refractivity contribution in [2.75, 3.05) is 18.4 Å². The SMILES string of the molecule is CC(C)N1CCN(Cc2ccc(C(=O)Nc3ccc(Br)cc3)cc2)C(=O)C1=O. The molecule has 146 valence electrons. The Balaban J connectivity index is 1.61. The molecule has 6 nitrogen and oxygen atoms in total. The Labute approximate surface area is 172 Å². The van der Waals surface area contributed by atoms with Gasteiger partial charge in [0.2, 0.25) is 0 Å². The Hall–Kier alpha value is -2.67. The van der Waals surface area contributed by atoms with Gasteiger partial charge < -0.3 is 15.1 Å². The van der Waals surface area contributed by atoms with Gasteiger partial charge in [0.05, 0.1) is 0 Å². The predicted molar refractivity (Wildman–Crippen MR) is 111 cm³/mol. The van der Waals surface area contributed by atoms with E-state index in [4.69, 9.17) is 0 Å². The average molecular weight is 444 g/mol. The van der Waals surface area contributed by atoms with E-state index in [1.807, 2.05) is 50.2 Å². The Kier molecular flexibility index (Phi) is 6.14. The number of amides is 3. The molecule has 0 aliphatic carbocycles. The molecule has 3 amide bonds. The Bertz CT molecular complexity index is 879. The van der Waals surface area contributed by atoms with Crippen molar-refractivity contribution < 1.29 is 14.4 Å². The third-order valence-corrected chi connectivity index (χ3v) is 5.19. The molecule has 1 aliphatic rings. The van der Waals surface area contributed by atoms with Crippen molar-refractivity contribution in [1.82, 2.24) is 9.80 Å². The van der Waals surface area contributed by atoms with Crippen LogP contribution in [0.4, 0.5) is 5.69 Å². The fraction of sp³-hybridized carbons (Fsp3) is 0.286. The van der Waals surface area contributed by atoms with Crippen LogP contribution in [-0.2, 0) is 16.1 Å². The summed E-state index contributed by atoms with van der Waals surface area (Å²) in [7, 11) is 0. The summed E-state index contributed by atoms with van der Waals surface area (Å²) in [6.45, 7) is 5.20. The molecule has 28 heavy (non-hydrogen) atoms. The van der Waals surface area contributed by atoms with Crippen LogP contribution in [-0.4, -0.2) is 46.7 Å². The minimum absolute atomic E-state index is 0.0159. The second kappa shape index (κ2) is 8.56. The molecule has 2 aromatic carbocycles. The van der Waals surface area contributed by atoms with Crippen molar-refractivity contribution in [3.63, 3.8) is 0 Å². The smallest absolute Gasteiger partial charge is 0.312 e. The highest BCUT2D eigenvalue weighted by Gasteiger charge is 2.33. The molecular formula is C21H22BrN3O3. The Morgan fingerprint density at radius 1 is 1.00 bits per heavy atom. The molecule has 3 rings (SSSR count). The summed E-state index contributed by atoms with van der Waals surface area (Å²) in [5, 5.41) is 2.84. The maximum Gasteiger partial charge on any atom is 0.312 e. The minimum Gasteiger partial charge on any atom is -0.330 e. The normalized spacial score (nSPS) is 14.6. The summed E-state index contributed by atoms with van der Waals surface area (Å²) < 4.78 is 0.942. The average Bonchev–Trinajstić information content (AvgIpc) is 2.67. The molecule has 1 aliphatic heterocycles. The van der Waals surface area contributed by atoms with Crippen LogP contribution >= 0.6 is 15.9 Å². The lowest BCUT2D eigenvalue weighted by Gasteiger charge is -2.36. The summed E-state index contributed by atoms with van der Waals surface area (Å²) >= 11 is 3.36. The van der Waals surface area contributed by atoms with Crippen LogP contribution in [0, 0.1) is 0 Å². The van der Waals surface area contributed by atoms with E-state index >= 15 is 0 Å². The van der Waals surface area contributed by atoms with Crippen LogP contribution in [0.2, 0.25) is 0 Å². The number of carbonyl (C=O) groups is 3. The van der Waals surface area contributed by atoms with E-state index in [2.05, 4.69) is 21.2 Å². The lowest BCUT2D eigenvalue weighted by Crippen LogP contribution is -2.55. The molecule has 7 heteroatoms. The largest absolute Gasteiger partial charge is 0.330 e. The first-order valence-electron chi connectivity index (χ1n) is 9.11. The van der Waals surface area contributed by atoms with Crippen molar-refractivity contribution in [2.45, 2.75) is 26.4 Å². The fourth-order valence-electron chi connectivity index (χ4n) is 3.05. The highest BCUT2D eigenvalue weighted by molar-refractivity contribution is 9.10. The summed E-state index contributed by atoms with van der Waals surface area (Å²) in [5.41, 5.74) is 2.11. The highest BCUT2D eigenvalue weighted by atomic mass is 79.9. The number of nitrogens with one attached hydrogen (secondary N) is 1. The van der Waals surface area contributed by atoms with Gasteiger partial charge in [-0.3, -0.25) is 14.4 Å².